The van der Waals surface area contributed by atoms with Crippen molar-refractivity contribution < 1.29 is 4.42 Å². The molecule has 2 aromatic rings. The number of hydrogen-bond donors (Lipinski definition) is 0. The fourth-order valence-corrected chi connectivity index (χ4v) is 1.12. The normalized spacial score (nSPS) is 9.85. The van der Waals surface area contributed by atoms with Crippen LogP contribution in [-0.2, 0) is 7.05 Å². The van der Waals surface area contributed by atoms with Crippen molar-refractivity contribution in [2.75, 3.05) is 0 Å². The molecule has 0 fully saturated rings. The van der Waals surface area contributed by atoms with Gasteiger partial charge in [0, 0.05) is 7.05 Å². The maximum Gasteiger partial charge on any atom is 0.193 e. The van der Waals surface area contributed by atoms with Crippen LogP contribution in [0.1, 0.15) is 5.69 Å². The molecule has 2 heterocycles. The highest BCUT2D eigenvalue weighted by molar-refractivity contribution is 5.58. The topological polar surface area (TPSA) is 67.6 Å². The first-order chi connectivity index (χ1) is 6.33. The first-order valence-corrected chi connectivity index (χ1v) is 3.66. The number of nitrogens with zero attached hydrogens (tertiary/aromatic N) is 4. The average Bonchev–Trinajstić information content (AvgIpc) is 2.72. The Morgan fingerprint density at radius 3 is 3.08 bits per heavy atom. The molecule has 5 heteroatoms. The van der Waals surface area contributed by atoms with Crippen LogP contribution in [0.2, 0.25) is 0 Å². The predicted molar refractivity (Wildman–Crippen MR) is 43.4 cm³/mol. The van der Waals surface area contributed by atoms with Crippen molar-refractivity contribution in [2.24, 2.45) is 7.05 Å². The lowest BCUT2D eigenvalue weighted by molar-refractivity contribution is 0.572. The van der Waals surface area contributed by atoms with E-state index < -0.39 is 0 Å². The first kappa shape index (κ1) is 7.55. The molecule has 0 aromatic carbocycles. The summed E-state index contributed by atoms with van der Waals surface area (Å²) in [4.78, 5) is 0. The maximum atomic E-state index is 8.72. The second kappa shape index (κ2) is 2.75. The molecule has 0 amide bonds. The van der Waals surface area contributed by atoms with E-state index in [0.717, 1.165) is 0 Å². The lowest BCUT2D eigenvalue weighted by Gasteiger charge is -1.94. The Balaban J connectivity index is 2.64. The number of rotatable bonds is 1. The summed E-state index contributed by atoms with van der Waals surface area (Å²) in [5.74, 6) is 0.601. The molecule has 13 heavy (non-hydrogen) atoms. The molecular weight excluding hydrogens is 168 g/mol. The monoisotopic (exact) mass is 174 g/mol. The Hall–Kier alpha value is -2.09. The van der Waals surface area contributed by atoms with Crippen LogP contribution in [0.15, 0.2) is 22.8 Å². The van der Waals surface area contributed by atoms with Crippen LogP contribution in [0, 0.1) is 11.3 Å². The molecule has 2 aromatic heterocycles. The molecule has 0 unspecified atom stereocenters. The minimum Gasteiger partial charge on any atom is -0.463 e. The van der Waals surface area contributed by atoms with Crippen molar-refractivity contribution in [3.8, 4) is 17.5 Å². The second-order valence-electron chi connectivity index (χ2n) is 2.50. The van der Waals surface area contributed by atoms with Gasteiger partial charge in [0.25, 0.3) is 0 Å². The fourth-order valence-electron chi connectivity index (χ4n) is 1.12. The van der Waals surface area contributed by atoms with E-state index in [0.29, 0.717) is 11.5 Å². The van der Waals surface area contributed by atoms with Crippen LogP contribution < -0.4 is 0 Å². The number of nitriles is 1. The van der Waals surface area contributed by atoms with E-state index in [2.05, 4.69) is 10.3 Å². The van der Waals surface area contributed by atoms with Gasteiger partial charge in [-0.05, 0) is 12.1 Å². The summed E-state index contributed by atoms with van der Waals surface area (Å²) in [6.45, 7) is 0. The molecule has 0 spiro atoms. The molecule has 0 saturated carbocycles. The Morgan fingerprint density at radius 2 is 2.46 bits per heavy atom. The summed E-state index contributed by atoms with van der Waals surface area (Å²) in [6, 6.07) is 5.47. The molecule has 0 N–H and O–H groups in total. The van der Waals surface area contributed by atoms with Crippen molar-refractivity contribution in [1.29, 1.82) is 5.26 Å². The Kier molecular flexibility index (Phi) is 1.60. The fraction of sp³-hybridized carbons (Fsp3) is 0.125. The van der Waals surface area contributed by atoms with Gasteiger partial charge in [0.2, 0.25) is 0 Å². The van der Waals surface area contributed by atoms with Crippen LogP contribution in [0.3, 0.4) is 0 Å². The van der Waals surface area contributed by atoms with E-state index >= 15 is 0 Å². The smallest absolute Gasteiger partial charge is 0.193 e. The largest absolute Gasteiger partial charge is 0.463 e. The van der Waals surface area contributed by atoms with Gasteiger partial charge in [0.15, 0.2) is 11.5 Å². The van der Waals surface area contributed by atoms with E-state index in [-0.39, 0.29) is 5.69 Å². The Labute approximate surface area is 74.2 Å². The van der Waals surface area contributed by atoms with Gasteiger partial charge in [-0.25, -0.2) is 4.68 Å². The summed E-state index contributed by atoms with van der Waals surface area (Å²) < 4.78 is 6.66. The van der Waals surface area contributed by atoms with Crippen LogP contribution in [-0.4, -0.2) is 15.0 Å². The van der Waals surface area contributed by atoms with Gasteiger partial charge in [0.05, 0.1) is 6.26 Å². The molecule has 0 bridgehead atoms. The molecule has 0 saturated heterocycles. The zero-order valence-electron chi connectivity index (χ0n) is 6.93. The average molecular weight is 174 g/mol. The van der Waals surface area contributed by atoms with Crippen LogP contribution in [0.5, 0.6) is 0 Å². The molecule has 0 atom stereocenters. The number of aryl methyl sites for hydroxylation is 1. The van der Waals surface area contributed by atoms with Crippen molar-refractivity contribution in [3.05, 3.63) is 24.1 Å². The lowest BCUT2D eigenvalue weighted by Crippen LogP contribution is -1.93. The third-order valence-corrected chi connectivity index (χ3v) is 1.69. The molecule has 0 aliphatic rings. The molecule has 0 aliphatic heterocycles. The summed E-state index contributed by atoms with van der Waals surface area (Å²) in [6.07, 6.45) is 1.55. The van der Waals surface area contributed by atoms with Crippen molar-refractivity contribution in [1.82, 2.24) is 15.0 Å². The summed E-state index contributed by atoms with van der Waals surface area (Å²) in [7, 11) is 1.71. The Morgan fingerprint density at radius 1 is 1.62 bits per heavy atom. The van der Waals surface area contributed by atoms with Crippen LogP contribution in [0.25, 0.3) is 11.5 Å². The zero-order valence-corrected chi connectivity index (χ0v) is 6.93. The zero-order chi connectivity index (χ0) is 9.26. The lowest BCUT2D eigenvalue weighted by atomic mass is 10.3. The highest BCUT2D eigenvalue weighted by atomic mass is 16.3. The molecule has 0 aliphatic carbocycles. The van der Waals surface area contributed by atoms with Gasteiger partial charge >= 0.3 is 0 Å². The van der Waals surface area contributed by atoms with Gasteiger partial charge in [-0.1, -0.05) is 5.21 Å². The minimum atomic E-state index is 0.275. The van der Waals surface area contributed by atoms with E-state index in [9.17, 15) is 0 Å². The second-order valence-corrected chi connectivity index (χ2v) is 2.50. The maximum absolute atomic E-state index is 8.72. The van der Waals surface area contributed by atoms with Gasteiger partial charge < -0.3 is 4.42 Å². The molecule has 2 rings (SSSR count). The van der Waals surface area contributed by atoms with Crippen molar-refractivity contribution in [2.45, 2.75) is 0 Å². The van der Waals surface area contributed by atoms with Crippen LogP contribution >= 0.6 is 0 Å². The van der Waals surface area contributed by atoms with Crippen molar-refractivity contribution in [3.63, 3.8) is 0 Å². The predicted octanol–water partition coefficient (Wildman–Crippen LogP) is 0.947. The van der Waals surface area contributed by atoms with Crippen LogP contribution in [0.4, 0.5) is 0 Å². The molecular formula is C8H6N4O. The highest BCUT2D eigenvalue weighted by Gasteiger charge is 2.13. The Bertz CT molecular complexity index is 449. The SMILES string of the molecule is Cn1nnc(C#N)c1-c1ccco1. The van der Waals surface area contributed by atoms with Gasteiger partial charge in [-0.3, -0.25) is 0 Å². The first-order valence-electron chi connectivity index (χ1n) is 3.66. The van der Waals surface area contributed by atoms with Gasteiger partial charge in [0.1, 0.15) is 11.8 Å². The van der Waals surface area contributed by atoms with Gasteiger partial charge in [-0.2, -0.15) is 5.26 Å². The summed E-state index contributed by atoms with van der Waals surface area (Å²) in [5.41, 5.74) is 0.880. The summed E-state index contributed by atoms with van der Waals surface area (Å²) in [5, 5.41) is 16.1. The molecule has 5 nitrogen and oxygen atoms in total. The number of furan rings is 1. The van der Waals surface area contributed by atoms with E-state index in [1.807, 2.05) is 6.07 Å². The van der Waals surface area contributed by atoms with E-state index in [1.165, 1.54) is 4.68 Å². The van der Waals surface area contributed by atoms with E-state index in [4.69, 9.17) is 9.68 Å². The third kappa shape index (κ3) is 1.08. The highest BCUT2D eigenvalue weighted by Crippen LogP contribution is 2.20. The molecule has 64 valence electrons. The van der Waals surface area contributed by atoms with E-state index in [1.54, 1.807) is 25.4 Å². The summed E-state index contributed by atoms with van der Waals surface area (Å²) >= 11 is 0. The minimum absolute atomic E-state index is 0.275. The van der Waals surface area contributed by atoms with Crippen molar-refractivity contribution >= 4 is 0 Å². The molecule has 0 radical (unpaired) electrons. The standard InChI is InChI=1S/C8H6N4O/c1-12-8(6(5-9)10-11-12)7-3-2-4-13-7/h2-4H,1H3. The quantitative estimate of drug-likeness (QED) is 0.645. The number of aromatic nitrogens is 3. The number of hydrogen-bond acceptors (Lipinski definition) is 4. The van der Waals surface area contributed by atoms with Gasteiger partial charge in [-0.15, -0.1) is 5.10 Å². The third-order valence-electron chi connectivity index (χ3n) is 1.69.